The molecule has 3 aliphatic rings. The number of nitrogens with one attached hydrogen (secondary N) is 2. The van der Waals surface area contributed by atoms with E-state index in [-0.39, 0.29) is 30.7 Å². The van der Waals surface area contributed by atoms with Crippen LogP contribution in [0, 0.1) is 5.92 Å². The molecule has 0 radical (unpaired) electrons. The third kappa shape index (κ3) is 4.55. The number of hydrogen-bond acceptors (Lipinski definition) is 6. The summed E-state index contributed by atoms with van der Waals surface area (Å²) in [5.74, 6) is -1.32. The minimum absolute atomic E-state index is 0.0250. The summed E-state index contributed by atoms with van der Waals surface area (Å²) in [5.41, 5.74) is 6.08. The lowest BCUT2D eigenvalue weighted by atomic mass is 10.1. The van der Waals surface area contributed by atoms with Gasteiger partial charge in [-0.15, -0.1) is 0 Å². The predicted molar refractivity (Wildman–Crippen MR) is 96.5 cm³/mol. The van der Waals surface area contributed by atoms with Crippen molar-refractivity contribution in [2.24, 2.45) is 5.92 Å². The lowest BCUT2D eigenvalue weighted by Gasteiger charge is -2.40. The SMILES string of the molecule is O=C(NNC1CCS(=O)C1)c1ccc(N2CC(F)(F)C2)c(OCC2CC2)n1. The fourth-order valence-corrected chi connectivity index (χ4v) is 4.49. The average molecular weight is 400 g/mol. The average Bonchev–Trinajstić information content (AvgIpc) is 3.35. The van der Waals surface area contributed by atoms with Crippen molar-refractivity contribution in [3.05, 3.63) is 17.8 Å². The molecule has 1 aromatic rings. The third-order valence-electron chi connectivity index (χ3n) is 4.88. The van der Waals surface area contributed by atoms with Gasteiger partial charge in [-0.2, -0.15) is 0 Å². The van der Waals surface area contributed by atoms with Crippen molar-refractivity contribution in [3.8, 4) is 5.88 Å². The molecule has 3 heterocycles. The smallest absolute Gasteiger partial charge is 0.284 e. The molecular formula is C17H22F2N4O3S. The summed E-state index contributed by atoms with van der Waals surface area (Å²) in [6.07, 6.45) is 2.91. The maximum Gasteiger partial charge on any atom is 0.284 e. The molecule has 1 aliphatic carbocycles. The van der Waals surface area contributed by atoms with Crippen molar-refractivity contribution in [2.75, 3.05) is 36.1 Å². The van der Waals surface area contributed by atoms with Crippen LogP contribution in [0.2, 0.25) is 0 Å². The standard InChI is InChI=1S/C17H22F2N4O3S/c18-17(19)9-23(10-17)14-4-3-13(20-16(14)26-7-11-1-2-11)15(24)22-21-12-5-6-27(25)8-12/h3-4,11-12,21H,1-2,5-10H2,(H,22,24). The fraction of sp³-hybridized carbons (Fsp3) is 0.647. The summed E-state index contributed by atoms with van der Waals surface area (Å²) >= 11 is 0. The number of ether oxygens (including phenoxy) is 1. The van der Waals surface area contributed by atoms with E-state index >= 15 is 0 Å². The van der Waals surface area contributed by atoms with Gasteiger partial charge in [-0.1, -0.05) is 0 Å². The summed E-state index contributed by atoms with van der Waals surface area (Å²) in [4.78, 5) is 18.1. The molecule has 0 bridgehead atoms. The number of nitrogens with zero attached hydrogens (tertiary/aromatic N) is 2. The van der Waals surface area contributed by atoms with E-state index in [1.807, 2.05) is 0 Å². The Morgan fingerprint density at radius 3 is 2.74 bits per heavy atom. The summed E-state index contributed by atoms with van der Waals surface area (Å²) in [6, 6.07) is 3.08. The summed E-state index contributed by atoms with van der Waals surface area (Å²) in [7, 11) is -0.843. The molecule has 2 N–H and O–H groups in total. The first-order valence-corrected chi connectivity index (χ1v) is 10.6. The van der Waals surface area contributed by atoms with Gasteiger partial charge in [0, 0.05) is 28.3 Å². The number of alkyl halides is 2. The third-order valence-corrected chi connectivity index (χ3v) is 6.35. The maximum absolute atomic E-state index is 13.2. The zero-order chi connectivity index (χ0) is 19.0. The van der Waals surface area contributed by atoms with Crippen LogP contribution in [0.1, 0.15) is 29.8 Å². The van der Waals surface area contributed by atoms with Crippen LogP contribution < -0.4 is 20.5 Å². The summed E-state index contributed by atoms with van der Waals surface area (Å²) < 4.78 is 43.6. The molecule has 27 heavy (non-hydrogen) atoms. The fourth-order valence-electron chi connectivity index (χ4n) is 3.08. The Hall–Kier alpha value is -1.81. The topological polar surface area (TPSA) is 83.6 Å². The van der Waals surface area contributed by atoms with Gasteiger partial charge in [0.1, 0.15) is 11.4 Å². The number of carbonyl (C=O) groups is 1. The number of carbonyl (C=O) groups excluding carboxylic acids is 1. The highest BCUT2D eigenvalue weighted by molar-refractivity contribution is 7.85. The van der Waals surface area contributed by atoms with Crippen molar-refractivity contribution in [1.29, 1.82) is 0 Å². The van der Waals surface area contributed by atoms with Crippen LogP contribution >= 0.6 is 0 Å². The Balaban J connectivity index is 1.43. The first kappa shape index (κ1) is 18.5. The monoisotopic (exact) mass is 400 g/mol. The van der Waals surface area contributed by atoms with Gasteiger partial charge in [0.25, 0.3) is 11.8 Å². The van der Waals surface area contributed by atoms with Gasteiger partial charge >= 0.3 is 0 Å². The van der Waals surface area contributed by atoms with Gasteiger partial charge in [-0.25, -0.2) is 19.2 Å². The van der Waals surface area contributed by atoms with Crippen LogP contribution in [0.5, 0.6) is 5.88 Å². The highest BCUT2D eigenvalue weighted by atomic mass is 32.2. The number of rotatable bonds is 7. The van der Waals surface area contributed by atoms with E-state index in [4.69, 9.17) is 4.74 Å². The van der Waals surface area contributed by atoms with Crippen molar-refractivity contribution >= 4 is 22.4 Å². The van der Waals surface area contributed by atoms with Gasteiger partial charge in [0.2, 0.25) is 5.88 Å². The minimum Gasteiger partial charge on any atom is -0.476 e. The van der Waals surface area contributed by atoms with Crippen molar-refractivity contribution < 1.29 is 22.5 Å². The van der Waals surface area contributed by atoms with Gasteiger partial charge < -0.3 is 9.64 Å². The summed E-state index contributed by atoms with van der Waals surface area (Å²) in [6.45, 7) is -0.276. The molecule has 0 aromatic carbocycles. The van der Waals surface area contributed by atoms with Crippen LogP contribution in [0.25, 0.3) is 0 Å². The molecule has 1 aromatic heterocycles. The molecule has 0 spiro atoms. The minimum atomic E-state index is -2.70. The molecule has 2 saturated heterocycles. The van der Waals surface area contributed by atoms with Crippen LogP contribution in [-0.4, -0.2) is 58.3 Å². The Morgan fingerprint density at radius 1 is 1.33 bits per heavy atom. The zero-order valence-corrected chi connectivity index (χ0v) is 15.6. The molecule has 3 fully saturated rings. The second-order valence-electron chi connectivity index (χ2n) is 7.38. The number of pyridine rings is 1. The number of halogens is 2. The van der Waals surface area contributed by atoms with Crippen LogP contribution in [0.15, 0.2) is 12.1 Å². The lowest BCUT2D eigenvalue weighted by Crippen LogP contribution is -2.56. The second kappa shape index (κ2) is 7.31. The normalized spacial score (nSPS) is 26.5. The van der Waals surface area contributed by atoms with Crippen molar-refractivity contribution in [2.45, 2.75) is 31.2 Å². The first-order chi connectivity index (χ1) is 12.9. The Kier molecular flexibility index (Phi) is 5.02. The van der Waals surface area contributed by atoms with E-state index in [1.165, 1.54) is 11.0 Å². The van der Waals surface area contributed by atoms with Crippen LogP contribution in [-0.2, 0) is 10.8 Å². The molecule has 2 aliphatic heterocycles. The highest BCUT2D eigenvalue weighted by Gasteiger charge is 2.45. The number of aromatic nitrogens is 1. The van der Waals surface area contributed by atoms with Gasteiger partial charge in [0.15, 0.2) is 0 Å². The summed E-state index contributed by atoms with van der Waals surface area (Å²) in [5, 5.41) is 0. The molecule has 2 unspecified atom stereocenters. The maximum atomic E-state index is 13.2. The first-order valence-electron chi connectivity index (χ1n) is 9.07. The van der Waals surface area contributed by atoms with Crippen LogP contribution in [0.3, 0.4) is 0 Å². The van der Waals surface area contributed by atoms with Crippen molar-refractivity contribution in [3.63, 3.8) is 0 Å². The molecule has 10 heteroatoms. The van der Waals surface area contributed by atoms with E-state index < -0.39 is 22.6 Å². The number of hydrogen-bond donors (Lipinski definition) is 2. The van der Waals surface area contributed by atoms with E-state index in [1.54, 1.807) is 6.07 Å². The second-order valence-corrected chi connectivity index (χ2v) is 9.00. The van der Waals surface area contributed by atoms with Crippen LogP contribution in [0.4, 0.5) is 14.5 Å². The molecule has 7 nitrogen and oxygen atoms in total. The van der Waals surface area contributed by atoms with E-state index in [9.17, 15) is 17.8 Å². The van der Waals surface area contributed by atoms with Gasteiger partial charge in [-0.05, 0) is 37.3 Å². The zero-order valence-electron chi connectivity index (χ0n) is 14.7. The molecule has 1 saturated carbocycles. The lowest BCUT2D eigenvalue weighted by molar-refractivity contribution is -0.0265. The van der Waals surface area contributed by atoms with Crippen molar-refractivity contribution in [1.82, 2.24) is 15.8 Å². The van der Waals surface area contributed by atoms with Gasteiger partial charge in [-0.3, -0.25) is 14.4 Å². The highest BCUT2D eigenvalue weighted by Crippen LogP contribution is 2.37. The number of hydrazine groups is 1. The molecule has 4 rings (SSSR count). The molecule has 1 amide bonds. The molecule has 2 atom stereocenters. The number of amides is 1. The largest absolute Gasteiger partial charge is 0.476 e. The Bertz CT molecular complexity index is 752. The quantitative estimate of drug-likeness (QED) is 0.667. The van der Waals surface area contributed by atoms with E-state index in [2.05, 4.69) is 15.8 Å². The molecular weight excluding hydrogens is 378 g/mol. The van der Waals surface area contributed by atoms with E-state index in [0.29, 0.717) is 29.7 Å². The molecule has 148 valence electrons. The Morgan fingerprint density at radius 2 is 2.11 bits per heavy atom. The Labute approximate surface area is 158 Å². The van der Waals surface area contributed by atoms with Gasteiger partial charge in [0.05, 0.1) is 19.7 Å². The predicted octanol–water partition coefficient (Wildman–Crippen LogP) is 1.08. The number of anilines is 1. The van der Waals surface area contributed by atoms with E-state index in [0.717, 1.165) is 19.3 Å².